The second kappa shape index (κ2) is 8.43. The van der Waals surface area contributed by atoms with Crippen molar-refractivity contribution in [1.29, 1.82) is 0 Å². The summed E-state index contributed by atoms with van der Waals surface area (Å²) < 4.78 is 0.888. The van der Waals surface area contributed by atoms with Gasteiger partial charge in [-0.3, -0.25) is 10.1 Å². The van der Waals surface area contributed by atoms with E-state index < -0.39 is 0 Å². The van der Waals surface area contributed by atoms with Gasteiger partial charge in [0.1, 0.15) is 0 Å². The summed E-state index contributed by atoms with van der Waals surface area (Å²) in [7, 11) is 0. The van der Waals surface area contributed by atoms with E-state index in [-0.39, 0.29) is 18.5 Å². The summed E-state index contributed by atoms with van der Waals surface area (Å²) in [5.74, 6) is -0.0676. The van der Waals surface area contributed by atoms with Gasteiger partial charge >= 0.3 is 0 Å². The molecular weight excluding hydrogens is 396 g/mol. The summed E-state index contributed by atoms with van der Waals surface area (Å²) in [4.78, 5) is 13.6. The zero-order chi connectivity index (χ0) is 17.6. The maximum Gasteiger partial charge on any atom is 0.238 e. The van der Waals surface area contributed by atoms with Crippen LogP contribution in [0.1, 0.15) is 22.0 Å². The Balaban J connectivity index is 1.68. The third-order valence-corrected chi connectivity index (χ3v) is 5.42. The molecule has 0 saturated heterocycles. The van der Waals surface area contributed by atoms with E-state index in [2.05, 4.69) is 50.1 Å². The van der Waals surface area contributed by atoms with Crippen LogP contribution in [0.25, 0.3) is 0 Å². The van der Waals surface area contributed by atoms with Gasteiger partial charge in [0.2, 0.25) is 5.91 Å². The van der Waals surface area contributed by atoms with Crippen LogP contribution in [0.2, 0.25) is 0 Å². The highest BCUT2D eigenvalue weighted by atomic mass is 79.9. The zero-order valence-electron chi connectivity index (χ0n) is 13.8. The van der Waals surface area contributed by atoms with Crippen LogP contribution in [0.15, 0.2) is 70.5 Å². The molecule has 1 amide bonds. The van der Waals surface area contributed by atoms with Crippen LogP contribution in [0.5, 0.6) is 0 Å². The van der Waals surface area contributed by atoms with Crippen molar-refractivity contribution in [2.24, 2.45) is 0 Å². The number of rotatable bonds is 6. The fraction of sp³-hybridized carbons (Fsp3) is 0.150. The summed E-state index contributed by atoms with van der Waals surface area (Å²) in [6, 6.07) is 20.2. The minimum Gasteiger partial charge on any atom is -0.324 e. The van der Waals surface area contributed by atoms with Gasteiger partial charge in [-0.25, -0.2) is 0 Å². The fourth-order valence-electron chi connectivity index (χ4n) is 2.59. The molecule has 1 aromatic heterocycles. The maximum atomic E-state index is 12.4. The summed E-state index contributed by atoms with van der Waals surface area (Å²) in [5.41, 5.74) is 3.07. The van der Waals surface area contributed by atoms with Gasteiger partial charge < -0.3 is 5.32 Å². The second-order valence-corrected chi connectivity index (χ2v) is 7.61. The Morgan fingerprint density at radius 1 is 1.12 bits per heavy atom. The molecule has 25 heavy (non-hydrogen) atoms. The number of benzene rings is 2. The molecule has 0 unspecified atom stereocenters. The van der Waals surface area contributed by atoms with E-state index in [9.17, 15) is 4.79 Å². The van der Waals surface area contributed by atoms with Gasteiger partial charge in [0, 0.05) is 9.35 Å². The van der Waals surface area contributed by atoms with Crippen molar-refractivity contribution in [2.45, 2.75) is 13.0 Å². The molecule has 0 fully saturated rings. The van der Waals surface area contributed by atoms with Gasteiger partial charge in [-0.1, -0.05) is 42.5 Å². The average Bonchev–Trinajstić information content (AvgIpc) is 3.13. The monoisotopic (exact) mass is 414 g/mol. The van der Waals surface area contributed by atoms with Crippen LogP contribution >= 0.6 is 27.3 Å². The number of halogens is 1. The van der Waals surface area contributed by atoms with Crippen molar-refractivity contribution >= 4 is 38.9 Å². The Hall–Kier alpha value is -1.95. The minimum atomic E-state index is -0.0676. The Labute approximate surface area is 160 Å². The molecule has 0 aliphatic rings. The van der Waals surface area contributed by atoms with Crippen molar-refractivity contribution in [2.75, 3.05) is 11.9 Å². The smallest absolute Gasteiger partial charge is 0.238 e. The highest BCUT2D eigenvalue weighted by molar-refractivity contribution is 9.10. The predicted molar refractivity (Wildman–Crippen MR) is 108 cm³/mol. The number of hydrogen-bond acceptors (Lipinski definition) is 3. The number of nitrogens with one attached hydrogen (secondary N) is 2. The Bertz CT molecular complexity index is 834. The quantitative estimate of drug-likeness (QED) is 0.586. The van der Waals surface area contributed by atoms with Crippen molar-refractivity contribution in [1.82, 2.24) is 5.32 Å². The van der Waals surface area contributed by atoms with Crippen LogP contribution in [0.3, 0.4) is 0 Å². The standard InChI is InChI=1S/C20H19BrN2OS/c1-14-9-10-17(16(21)12-14)23-19(24)13-22-20(18-8-5-11-25-18)15-6-3-2-4-7-15/h2-12,20,22H,13H2,1H3,(H,23,24)/t20-/m0/s1. The fourth-order valence-corrected chi connectivity index (χ4v) is 4.01. The molecular formula is C20H19BrN2OS. The third-order valence-electron chi connectivity index (χ3n) is 3.83. The van der Waals surface area contributed by atoms with E-state index >= 15 is 0 Å². The lowest BCUT2D eigenvalue weighted by atomic mass is 10.1. The lowest BCUT2D eigenvalue weighted by Crippen LogP contribution is -2.31. The van der Waals surface area contributed by atoms with Crippen LogP contribution in [-0.4, -0.2) is 12.5 Å². The van der Waals surface area contributed by atoms with E-state index in [4.69, 9.17) is 0 Å². The van der Waals surface area contributed by atoms with Gasteiger partial charge in [0.15, 0.2) is 0 Å². The number of anilines is 1. The highest BCUT2D eigenvalue weighted by Crippen LogP contribution is 2.26. The normalized spacial score (nSPS) is 11.9. The van der Waals surface area contributed by atoms with Crippen molar-refractivity contribution in [3.8, 4) is 0 Å². The largest absolute Gasteiger partial charge is 0.324 e. The van der Waals surface area contributed by atoms with Crippen molar-refractivity contribution < 1.29 is 4.79 Å². The maximum absolute atomic E-state index is 12.4. The molecule has 3 aromatic rings. The first-order valence-electron chi connectivity index (χ1n) is 8.01. The van der Waals surface area contributed by atoms with Crippen LogP contribution in [-0.2, 0) is 4.79 Å². The summed E-state index contributed by atoms with van der Waals surface area (Å²) in [5, 5.41) is 8.37. The summed E-state index contributed by atoms with van der Waals surface area (Å²) in [6.07, 6.45) is 0. The van der Waals surface area contributed by atoms with Crippen LogP contribution in [0, 0.1) is 6.92 Å². The van der Waals surface area contributed by atoms with Crippen LogP contribution < -0.4 is 10.6 Å². The topological polar surface area (TPSA) is 41.1 Å². The van der Waals surface area contributed by atoms with Crippen LogP contribution in [0.4, 0.5) is 5.69 Å². The third kappa shape index (κ3) is 4.78. The zero-order valence-corrected chi connectivity index (χ0v) is 16.2. The molecule has 3 nitrogen and oxygen atoms in total. The SMILES string of the molecule is Cc1ccc(NC(=O)CN[C@@H](c2ccccc2)c2cccs2)c(Br)c1. The highest BCUT2D eigenvalue weighted by Gasteiger charge is 2.16. The number of carbonyl (C=O) groups is 1. The van der Waals surface area contributed by atoms with E-state index in [1.807, 2.05) is 49.4 Å². The summed E-state index contributed by atoms with van der Waals surface area (Å²) >= 11 is 5.17. The van der Waals surface area contributed by atoms with Gasteiger partial charge in [0.05, 0.1) is 18.3 Å². The molecule has 0 aliphatic heterocycles. The number of amides is 1. The molecule has 0 spiro atoms. The van der Waals surface area contributed by atoms with Gasteiger partial charge in [-0.15, -0.1) is 11.3 Å². The van der Waals surface area contributed by atoms with Crippen molar-refractivity contribution in [3.63, 3.8) is 0 Å². The minimum absolute atomic E-state index is 0.00779. The molecule has 0 saturated carbocycles. The molecule has 5 heteroatoms. The lowest BCUT2D eigenvalue weighted by molar-refractivity contribution is -0.115. The predicted octanol–water partition coefficient (Wildman–Crippen LogP) is 5.14. The van der Waals surface area contributed by atoms with E-state index in [0.717, 1.165) is 21.3 Å². The molecule has 2 aromatic carbocycles. The first kappa shape index (κ1) is 17.9. The Morgan fingerprint density at radius 3 is 2.60 bits per heavy atom. The van der Waals surface area contributed by atoms with Gasteiger partial charge in [0.25, 0.3) is 0 Å². The number of carbonyl (C=O) groups excluding carboxylic acids is 1. The summed E-state index contributed by atoms with van der Waals surface area (Å²) in [6.45, 7) is 2.25. The number of thiophene rings is 1. The van der Waals surface area contributed by atoms with E-state index in [1.165, 1.54) is 4.88 Å². The molecule has 0 bridgehead atoms. The average molecular weight is 415 g/mol. The second-order valence-electron chi connectivity index (χ2n) is 5.77. The molecule has 1 atom stereocenters. The van der Waals surface area contributed by atoms with E-state index in [1.54, 1.807) is 11.3 Å². The molecule has 0 aliphatic carbocycles. The molecule has 3 rings (SSSR count). The van der Waals surface area contributed by atoms with Gasteiger partial charge in [-0.05, 0) is 57.6 Å². The van der Waals surface area contributed by atoms with Gasteiger partial charge in [-0.2, -0.15) is 0 Å². The van der Waals surface area contributed by atoms with Crippen molar-refractivity contribution in [3.05, 3.63) is 86.5 Å². The Kier molecular flexibility index (Phi) is 6.02. The Morgan fingerprint density at radius 2 is 1.92 bits per heavy atom. The van der Waals surface area contributed by atoms with E-state index in [0.29, 0.717) is 0 Å². The molecule has 2 N–H and O–H groups in total. The number of aryl methyl sites for hydroxylation is 1. The first-order chi connectivity index (χ1) is 12.1. The lowest BCUT2D eigenvalue weighted by Gasteiger charge is -2.18. The molecule has 0 radical (unpaired) electrons. The first-order valence-corrected chi connectivity index (χ1v) is 9.68. The molecule has 128 valence electrons. The molecule has 1 heterocycles. The number of hydrogen-bond donors (Lipinski definition) is 2.